The maximum absolute atomic E-state index is 14.2. The molecule has 0 aliphatic heterocycles. The van der Waals surface area contributed by atoms with Crippen LogP contribution in [0.2, 0.25) is 0 Å². The van der Waals surface area contributed by atoms with Gasteiger partial charge in [0.2, 0.25) is 0 Å². The highest BCUT2D eigenvalue weighted by Crippen LogP contribution is 2.72. The third-order valence-corrected chi connectivity index (χ3v) is 6.45. The number of aliphatic hydroxyl groups excluding tert-OH is 1. The molecule has 0 amide bonds. The highest BCUT2D eigenvalue weighted by molar-refractivity contribution is 5.25. The van der Waals surface area contributed by atoms with E-state index in [1.54, 1.807) is 12.1 Å². The summed E-state index contributed by atoms with van der Waals surface area (Å²) in [6.07, 6.45) is 6.42. The van der Waals surface area contributed by atoms with E-state index in [4.69, 9.17) is 0 Å². The lowest BCUT2D eigenvalue weighted by Gasteiger charge is -2.66. The van der Waals surface area contributed by atoms with Crippen LogP contribution in [0.5, 0.6) is 0 Å². The summed E-state index contributed by atoms with van der Waals surface area (Å²) in [5, 5.41) is 11.1. The zero-order valence-electron chi connectivity index (χ0n) is 13.0. The Morgan fingerprint density at radius 3 is 2.24 bits per heavy atom. The standard InChI is InChI=1S/C19H25FO/c1-17-7-13-8-18(2,10-17)12-19(9-13,11-17)16(21)14-5-3-4-6-15(14)20/h3-6,13,16,21H,7-12H2,1-2H3. The normalized spacial score (nSPS) is 45.8. The van der Waals surface area contributed by atoms with Crippen LogP contribution in [0.25, 0.3) is 0 Å². The lowest BCUT2D eigenvalue weighted by Crippen LogP contribution is -2.56. The Morgan fingerprint density at radius 2 is 1.67 bits per heavy atom. The van der Waals surface area contributed by atoms with Gasteiger partial charge in [0.15, 0.2) is 0 Å². The fourth-order valence-corrected chi connectivity index (χ4v) is 6.87. The summed E-state index contributed by atoms with van der Waals surface area (Å²) >= 11 is 0. The molecule has 4 saturated carbocycles. The summed E-state index contributed by atoms with van der Waals surface area (Å²) in [5.41, 5.74) is 1.10. The van der Waals surface area contributed by atoms with Gasteiger partial charge >= 0.3 is 0 Å². The molecule has 1 aromatic carbocycles. The van der Waals surface area contributed by atoms with Gasteiger partial charge in [0.25, 0.3) is 0 Å². The molecule has 21 heavy (non-hydrogen) atoms. The third-order valence-electron chi connectivity index (χ3n) is 6.45. The van der Waals surface area contributed by atoms with Gasteiger partial charge in [-0.3, -0.25) is 0 Å². The minimum absolute atomic E-state index is 0.106. The zero-order chi connectivity index (χ0) is 14.9. The van der Waals surface area contributed by atoms with Crippen molar-refractivity contribution in [2.45, 2.75) is 58.5 Å². The third kappa shape index (κ3) is 1.98. The predicted molar refractivity (Wildman–Crippen MR) is 81.2 cm³/mol. The van der Waals surface area contributed by atoms with E-state index in [0.717, 1.165) is 25.2 Å². The maximum Gasteiger partial charge on any atom is 0.129 e. The van der Waals surface area contributed by atoms with Gasteiger partial charge in [-0.25, -0.2) is 4.39 Å². The molecule has 0 spiro atoms. The molecule has 3 atom stereocenters. The Bertz CT molecular complexity index is 563. The number of hydrogen-bond acceptors (Lipinski definition) is 1. The molecular formula is C19H25FO. The first-order valence-electron chi connectivity index (χ1n) is 8.26. The Balaban J connectivity index is 1.76. The molecule has 5 rings (SSSR count). The summed E-state index contributed by atoms with van der Waals surface area (Å²) in [7, 11) is 0. The van der Waals surface area contributed by atoms with Crippen molar-refractivity contribution in [2.24, 2.45) is 22.2 Å². The molecule has 0 saturated heterocycles. The molecule has 114 valence electrons. The highest BCUT2D eigenvalue weighted by atomic mass is 19.1. The van der Waals surface area contributed by atoms with Crippen LogP contribution in [0.4, 0.5) is 4.39 Å². The summed E-state index contributed by atoms with van der Waals surface area (Å²) < 4.78 is 14.2. The average Bonchev–Trinajstić information content (AvgIpc) is 2.34. The van der Waals surface area contributed by atoms with Gasteiger partial charge in [-0.1, -0.05) is 32.0 Å². The van der Waals surface area contributed by atoms with Gasteiger partial charge in [-0.2, -0.15) is 0 Å². The first kappa shape index (κ1) is 13.8. The van der Waals surface area contributed by atoms with Gasteiger partial charge in [0.1, 0.15) is 5.82 Å². The van der Waals surface area contributed by atoms with E-state index in [9.17, 15) is 9.50 Å². The molecular weight excluding hydrogens is 263 g/mol. The number of rotatable bonds is 2. The molecule has 1 aromatic rings. The molecule has 0 heterocycles. The van der Waals surface area contributed by atoms with Crippen molar-refractivity contribution < 1.29 is 9.50 Å². The maximum atomic E-state index is 14.2. The summed E-state index contributed by atoms with van der Waals surface area (Å²) in [4.78, 5) is 0. The van der Waals surface area contributed by atoms with E-state index in [0.29, 0.717) is 16.4 Å². The molecule has 1 nitrogen and oxygen atoms in total. The van der Waals surface area contributed by atoms with Gasteiger partial charge in [0, 0.05) is 11.0 Å². The van der Waals surface area contributed by atoms with E-state index in [2.05, 4.69) is 13.8 Å². The van der Waals surface area contributed by atoms with Crippen molar-refractivity contribution in [3.05, 3.63) is 35.6 Å². The molecule has 3 unspecified atom stereocenters. The van der Waals surface area contributed by atoms with Gasteiger partial charge in [-0.15, -0.1) is 0 Å². The Kier molecular flexibility index (Phi) is 2.68. The Morgan fingerprint density at radius 1 is 1.05 bits per heavy atom. The Hall–Kier alpha value is -0.890. The first-order chi connectivity index (χ1) is 9.83. The van der Waals surface area contributed by atoms with Crippen LogP contribution in [-0.4, -0.2) is 5.11 Å². The summed E-state index contributed by atoms with van der Waals surface area (Å²) in [5.74, 6) is 0.466. The molecule has 4 aliphatic rings. The smallest absolute Gasteiger partial charge is 0.129 e. The lowest BCUT2D eigenvalue weighted by molar-refractivity contribution is -0.187. The predicted octanol–water partition coefficient (Wildman–Crippen LogP) is 4.86. The second-order valence-electron chi connectivity index (χ2n) is 8.92. The van der Waals surface area contributed by atoms with Crippen LogP contribution in [-0.2, 0) is 0 Å². The van der Waals surface area contributed by atoms with Gasteiger partial charge < -0.3 is 5.11 Å². The fraction of sp³-hybridized carbons (Fsp3) is 0.684. The topological polar surface area (TPSA) is 20.2 Å². The van der Waals surface area contributed by atoms with Crippen molar-refractivity contribution in [3.8, 4) is 0 Å². The fourth-order valence-electron chi connectivity index (χ4n) is 6.87. The van der Waals surface area contributed by atoms with E-state index in [1.807, 2.05) is 6.07 Å². The van der Waals surface area contributed by atoms with Crippen LogP contribution in [0, 0.1) is 28.0 Å². The van der Waals surface area contributed by atoms with Crippen LogP contribution in [0.1, 0.15) is 64.0 Å². The monoisotopic (exact) mass is 288 g/mol. The van der Waals surface area contributed by atoms with Crippen molar-refractivity contribution in [2.75, 3.05) is 0 Å². The molecule has 0 aromatic heterocycles. The van der Waals surface area contributed by atoms with Gasteiger partial charge in [-0.05, 0) is 61.3 Å². The molecule has 4 bridgehead atoms. The first-order valence-corrected chi connectivity index (χ1v) is 8.26. The van der Waals surface area contributed by atoms with Crippen molar-refractivity contribution >= 4 is 0 Å². The SMILES string of the molecule is CC12CC3CC(C)(C1)CC(C(O)c1ccccc1F)(C3)C2. The van der Waals surface area contributed by atoms with Crippen LogP contribution in [0.3, 0.4) is 0 Å². The molecule has 1 N–H and O–H groups in total. The summed E-state index contributed by atoms with van der Waals surface area (Å²) in [6.45, 7) is 4.77. The van der Waals surface area contributed by atoms with E-state index in [-0.39, 0.29) is 11.2 Å². The Labute approximate surface area is 126 Å². The molecule has 4 fully saturated rings. The number of aliphatic hydroxyl groups is 1. The number of benzene rings is 1. The van der Waals surface area contributed by atoms with Gasteiger partial charge in [0.05, 0.1) is 6.10 Å². The summed E-state index contributed by atoms with van der Waals surface area (Å²) in [6, 6.07) is 6.78. The van der Waals surface area contributed by atoms with Crippen LogP contribution < -0.4 is 0 Å². The molecule has 4 aliphatic carbocycles. The minimum atomic E-state index is -0.652. The van der Waals surface area contributed by atoms with Crippen molar-refractivity contribution in [1.29, 1.82) is 0 Å². The second kappa shape index (κ2) is 4.10. The van der Waals surface area contributed by atoms with Crippen molar-refractivity contribution in [1.82, 2.24) is 0 Å². The highest BCUT2D eigenvalue weighted by Gasteiger charge is 2.62. The van der Waals surface area contributed by atoms with E-state index >= 15 is 0 Å². The average molecular weight is 288 g/mol. The van der Waals surface area contributed by atoms with E-state index < -0.39 is 6.10 Å². The zero-order valence-corrected chi connectivity index (χ0v) is 13.0. The number of halogens is 1. The molecule has 2 heteroatoms. The second-order valence-corrected chi connectivity index (χ2v) is 8.92. The number of hydrogen-bond donors (Lipinski definition) is 1. The largest absolute Gasteiger partial charge is 0.388 e. The minimum Gasteiger partial charge on any atom is -0.388 e. The van der Waals surface area contributed by atoms with E-state index in [1.165, 1.54) is 25.3 Å². The van der Waals surface area contributed by atoms with Crippen LogP contribution in [0.15, 0.2) is 24.3 Å². The lowest BCUT2D eigenvalue weighted by atomic mass is 9.39. The quantitative estimate of drug-likeness (QED) is 0.824. The van der Waals surface area contributed by atoms with Crippen molar-refractivity contribution in [3.63, 3.8) is 0 Å². The molecule has 0 radical (unpaired) electrons. The van der Waals surface area contributed by atoms with Crippen LogP contribution >= 0.6 is 0 Å².